The SMILES string of the molecule is C=CCOc1ccccc1C[NH2+]Cc1cccs1. The minimum absolute atomic E-state index is 0.557. The van der Waals surface area contributed by atoms with Gasteiger partial charge in [-0.15, -0.1) is 11.3 Å². The number of ether oxygens (including phenoxy) is 1. The normalized spacial score (nSPS) is 10.2. The molecule has 0 aliphatic rings. The third-order valence-corrected chi connectivity index (χ3v) is 3.52. The smallest absolute Gasteiger partial charge is 0.128 e. The van der Waals surface area contributed by atoms with Crippen LogP contribution in [0.4, 0.5) is 0 Å². The summed E-state index contributed by atoms with van der Waals surface area (Å²) in [6.45, 7) is 6.18. The molecular formula is C15H18NOS+. The van der Waals surface area contributed by atoms with Crippen molar-refractivity contribution in [3.8, 4) is 5.75 Å². The van der Waals surface area contributed by atoms with Gasteiger partial charge in [0.2, 0.25) is 0 Å². The van der Waals surface area contributed by atoms with E-state index in [1.807, 2.05) is 12.1 Å². The molecule has 1 heterocycles. The highest BCUT2D eigenvalue weighted by Crippen LogP contribution is 2.16. The third kappa shape index (κ3) is 3.72. The zero-order valence-electron chi connectivity index (χ0n) is 10.3. The summed E-state index contributed by atoms with van der Waals surface area (Å²) in [6.07, 6.45) is 1.77. The average molecular weight is 260 g/mol. The lowest BCUT2D eigenvalue weighted by atomic mass is 10.2. The zero-order chi connectivity index (χ0) is 12.6. The van der Waals surface area contributed by atoms with Crippen molar-refractivity contribution in [3.63, 3.8) is 0 Å². The van der Waals surface area contributed by atoms with E-state index in [0.717, 1.165) is 18.8 Å². The summed E-state index contributed by atoms with van der Waals surface area (Å²) in [5.41, 5.74) is 1.23. The third-order valence-electron chi connectivity index (χ3n) is 2.62. The molecule has 18 heavy (non-hydrogen) atoms. The number of thiophene rings is 1. The first-order valence-electron chi connectivity index (χ1n) is 6.06. The number of hydrogen-bond donors (Lipinski definition) is 1. The fourth-order valence-corrected chi connectivity index (χ4v) is 2.46. The van der Waals surface area contributed by atoms with E-state index >= 15 is 0 Å². The zero-order valence-corrected chi connectivity index (χ0v) is 11.2. The first kappa shape index (κ1) is 12.9. The van der Waals surface area contributed by atoms with E-state index in [1.54, 1.807) is 17.4 Å². The molecule has 0 radical (unpaired) electrons. The molecule has 2 nitrogen and oxygen atoms in total. The Kier molecular flexibility index (Phi) is 5.00. The van der Waals surface area contributed by atoms with Crippen molar-refractivity contribution >= 4 is 11.3 Å². The summed E-state index contributed by atoms with van der Waals surface area (Å²) >= 11 is 1.80. The Bertz CT molecular complexity index is 479. The molecule has 2 N–H and O–H groups in total. The molecule has 0 aliphatic carbocycles. The second-order valence-corrected chi connectivity index (χ2v) is 5.02. The summed E-state index contributed by atoms with van der Waals surface area (Å²) in [5, 5.41) is 4.41. The lowest BCUT2D eigenvalue weighted by Gasteiger charge is -2.08. The number of quaternary nitrogens is 1. The van der Waals surface area contributed by atoms with Gasteiger partial charge in [0.15, 0.2) is 0 Å². The molecule has 0 amide bonds. The number of rotatable bonds is 7. The molecule has 0 saturated heterocycles. The van der Waals surface area contributed by atoms with E-state index in [9.17, 15) is 0 Å². The maximum absolute atomic E-state index is 5.64. The van der Waals surface area contributed by atoms with Crippen molar-refractivity contribution in [3.05, 3.63) is 64.9 Å². The van der Waals surface area contributed by atoms with Gasteiger partial charge in [-0.3, -0.25) is 0 Å². The van der Waals surface area contributed by atoms with Crippen LogP contribution in [-0.2, 0) is 13.1 Å². The fraction of sp³-hybridized carbons (Fsp3) is 0.200. The van der Waals surface area contributed by atoms with Gasteiger partial charge in [-0.05, 0) is 23.6 Å². The molecule has 0 aliphatic heterocycles. The topological polar surface area (TPSA) is 25.8 Å². The highest BCUT2D eigenvalue weighted by molar-refractivity contribution is 7.09. The maximum Gasteiger partial charge on any atom is 0.128 e. The van der Waals surface area contributed by atoms with Gasteiger partial charge < -0.3 is 10.1 Å². The van der Waals surface area contributed by atoms with Crippen LogP contribution in [0, 0.1) is 0 Å². The molecule has 0 unspecified atom stereocenters. The second kappa shape index (κ2) is 6.99. The molecule has 0 saturated carbocycles. The molecule has 3 heteroatoms. The Morgan fingerprint density at radius 3 is 2.83 bits per heavy atom. The van der Waals surface area contributed by atoms with E-state index < -0.39 is 0 Å². The fourth-order valence-electron chi connectivity index (χ4n) is 1.76. The van der Waals surface area contributed by atoms with Gasteiger partial charge in [-0.25, -0.2) is 0 Å². The summed E-state index contributed by atoms with van der Waals surface area (Å²) in [6, 6.07) is 12.4. The molecule has 94 valence electrons. The van der Waals surface area contributed by atoms with Crippen molar-refractivity contribution in [2.24, 2.45) is 0 Å². The monoisotopic (exact) mass is 260 g/mol. The van der Waals surface area contributed by atoms with E-state index in [4.69, 9.17) is 4.74 Å². The predicted molar refractivity (Wildman–Crippen MR) is 75.8 cm³/mol. The highest BCUT2D eigenvalue weighted by Gasteiger charge is 2.04. The van der Waals surface area contributed by atoms with Crippen LogP contribution in [0.3, 0.4) is 0 Å². The Morgan fingerprint density at radius 2 is 2.06 bits per heavy atom. The predicted octanol–water partition coefficient (Wildman–Crippen LogP) is 2.58. The lowest BCUT2D eigenvalue weighted by molar-refractivity contribution is -0.685. The van der Waals surface area contributed by atoms with Gasteiger partial charge in [0.25, 0.3) is 0 Å². The Balaban J connectivity index is 1.89. The maximum atomic E-state index is 5.64. The number of hydrogen-bond acceptors (Lipinski definition) is 2. The van der Waals surface area contributed by atoms with Crippen molar-refractivity contribution in [2.45, 2.75) is 13.1 Å². The van der Waals surface area contributed by atoms with Gasteiger partial charge >= 0.3 is 0 Å². The molecular weight excluding hydrogens is 242 g/mol. The van der Waals surface area contributed by atoms with Gasteiger partial charge in [-0.2, -0.15) is 0 Å². The molecule has 1 aromatic carbocycles. The molecule has 0 atom stereocenters. The number of para-hydroxylation sites is 1. The van der Waals surface area contributed by atoms with Crippen molar-refractivity contribution in [1.82, 2.24) is 0 Å². The van der Waals surface area contributed by atoms with E-state index in [0.29, 0.717) is 6.61 Å². The molecule has 0 fully saturated rings. The number of benzene rings is 1. The van der Waals surface area contributed by atoms with Crippen molar-refractivity contribution in [1.29, 1.82) is 0 Å². The summed E-state index contributed by atoms with van der Waals surface area (Å²) < 4.78 is 5.64. The minimum atomic E-state index is 0.557. The molecule has 0 spiro atoms. The van der Waals surface area contributed by atoms with Gasteiger partial charge in [0.1, 0.15) is 25.4 Å². The van der Waals surface area contributed by atoms with Crippen molar-refractivity contribution < 1.29 is 10.1 Å². The van der Waals surface area contributed by atoms with Gasteiger partial charge in [0, 0.05) is 5.56 Å². The quantitative estimate of drug-likeness (QED) is 0.761. The first-order valence-corrected chi connectivity index (χ1v) is 6.94. The summed E-state index contributed by atoms with van der Waals surface area (Å²) in [4.78, 5) is 1.40. The van der Waals surface area contributed by atoms with Gasteiger partial charge in [-0.1, -0.05) is 30.9 Å². The van der Waals surface area contributed by atoms with Crippen molar-refractivity contribution in [2.75, 3.05) is 6.61 Å². The van der Waals surface area contributed by atoms with E-state index in [-0.39, 0.29) is 0 Å². The average Bonchev–Trinajstić information content (AvgIpc) is 2.91. The van der Waals surface area contributed by atoms with Crippen LogP contribution in [0.2, 0.25) is 0 Å². The molecule has 0 bridgehead atoms. The Morgan fingerprint density at radius 1 is 1.17 bits per heavy atom. The minimum Gasteiger partial charge on any atom is -0.489 e. The van der Waals surface area contributed by atoms with Gasteiger partial charge in [0.05, 0.1) is 4.88 Å². The summed E-state index contributed by atoms with van der Waals surface area (Å²) in [7, 11) is 0. The largest absolute Gasteiger partial charge is 0.489 e. The second-order valence-electron chi connectivity index (χ2n) is 3.98. The summed E-state index contributed by atoms with van der Waals surface area (Å²) in [5.74, 6) is 0.958. The van der Waals surface area contributed by atoms with Crippen LogP contribution in [0.15, 0.2) is 54.4 Å². The Labute approximate surface area is 112 Å². The lowest BCUT2D eigenvalue weighted by Crippen LogP contribution is -2.80. The van der Waals surface area contributed by atoms with Crippen LogP contribution >= 0.6 is 11.3 Å². The number of nitrogens with two attached hydrogens (primary N) is 1. The highest BCUT2D eigenvalue weighted by atomic mass is 32.1. The van der Waals surface area contributed by atoms with Crippen LogP contribution < -0.4 is 10.1 Å². The first-order chi connectivity index (χ1) is 8.90. The molecule has 2 aromatic rings. The van der Waals surface area contributed by atoms with Crippen LogP contribution in [0.5, 0.6) is 5.75 Å². The van der Waals surface area contributed by atoms with E-state index in [2.05, 4.69) is 41.5 Å². The van der Waals surface area contributed by atoms with E-state index in [1.165, 1.54) is 10.4 Å². The molecule has 2 rings (SSSR count). The van der Waals surface area contributed by atoms with Crippen LogP contribution in [-0.4, -0.2) is 6.61 Å². The standard InChI is InChI=1S/C15H17NOS/c1-2-9-17-15-8-4-3-6-13(15)11-16-12-14-7-5-10-18-14/h2-8,10,16H,1,9,11-12H2/p+1. The van der Waals surface area contributed by atoms with Crippen LogP contribution in [0.25, 0.3) is 0 Å². The molecule has 1 aromatic heterocycles. The Hall–Kier alpha value is -1.58. The van der Waals surface area contributed by atoms with Crippen LogP contribution in [0.1, 0.15) is 10.4 Å².